The first-order chi connectivity index (χ1) is 8.20. The Kier molecular flexibility index (Phi) is 3.73. The molecular formula is C11H18N4O2. The van der Waals surface area contributed by atoms with Gasteiger partial charge < -0.3 is 14.7 Å². The van der Waals surface area contributed by atoms with E-state index in [2.05, 4.69) is 15.5 Å². The summed E-state index contributed by atoms with van der Waals surface area (Å²) in [6.07, 6.45) is 1.70. The maximum Gasteiger partial charge on any atom is 0.226 e. The van der Waals surface area contributed by atoms with Crippen LogP contribution in [0.25, 0.3) is 0 Å². The molecule has 17 heavy (non-hydrogen) atoms. The van der Waals surface area contributed by atoms with Crippen LogP contribution in [0.15, 0.2) is 4.52 Å². The zero-order chi connectivity index (χ0) is 12.3. The third kappa shape index (κ3) is 2.82. The Balaban J connectivity index is 2.04. The number of nitrogens with zero attached hydrogens (tertiary/aromatic N) is 3. The van der Waals surface area contributed by atoms with Crippen molar-refractivity contribution in [3.05, 3.63) is 11.7 Å². The van der Waals surface area contributed by atoms with E-state index in [9.17, 15) is 4.79 Å². The summed E-state index contributed by atoms with van der Waals surface area (Å²) in [7, 11) is 0. The summed E-state index contributed by atoms with van der Waals surface area (Å²) in [6.45, 7) is 5.78. The zero-order valence-corrected chi connectivity index (χ0v) is 10.3. The lowest BCUT2D eigenvalue weighted by Crippen LogP contribution is -2.39. The fourth-order valence-electron chi connectivity index (χ4n) is 2.05. The van der Waals surface area contributed by atoms with Gasteiger partial charge in [0.25, 0.3) is 0 Å². The standard InChI is InChI=1S/C11H18N4O2/c1-3-11-13-10(14-17-11)7-15(8(2)16)9-4-5-12-6-9/h9,12H,3-7H2,1-2H3. The molecular weight excluding hydrogens is 220 g/mol. The van der Waals surface area contributed by atoms with Crippen LogP contribution in [0.5, 0.6) is 0 Å². The van der Waals surface area contributed by atoms with Crippen molar-refractivity contribution in [1.82, 2.24) is 20.4 Å². The molecule has 94 valence electrons. The lowest BCUT2D eigenvalue weighted by atomic mass is 10.2. The van der Waals surface area contributed by atoms with Crippen molar-refractivity contribution in [2.75, 3.05) is 13.1 Å². The summed E-state index contributed by atoms with van der Waals surface area (Å²) in [5, 5.41) is 7.13. The van der Waals surface area contributed by atoms with Crippen molar-refractivity contribution in [2.24, 2.45) is 0 Å². The summed E-state index contributed by atoms with van der Waals surface area (Å²) in [5.41, 5.74) is 0. The van der Waals surface area contributed by atoms with Crippen LogP contribution >= 0.6 is 0 Å². The van der Waals surface area contributed by atoms with E-state index in [0.717, 1.165) is 25.9 Å². The number of amides is 1. The quantitative estimate of drug-likeness (QED) is 0.819. The highest BCUT2D eigenvalue weighted by molar-refractivity contribution is 5.73. The van der Waals surface area contributed by atoms with E-state index in [1.807, 2.05) is 11.8 Å². The van der Waals surface area contributed by atoms with Gasteiger partial charge >= 0.3 is 0 Å². The van der Waals surface area contributed by atoms with Crippen LogP contribution in [0.4, 0.5) is 0 Å². The Morgan fingerprint density at radius 2 is 2.47 bits per heavy atom. The molecule has 1 unspecified atom stereocenters. The van der Waals surface area contributed by atoms with Crippen LogP contribution in [0, 0.1) is 0 Å². The summed E-state index contributed by atoms with van der Waals surface area (Å²) in [4.78, 5) is 17.7. The molecule has 1 amide bonds. The molecule has 1 aliphatic heterocycles. The highest BCUT2D eigenvalue weighted by atomic mass is 16.5. The minimum atomic E-state index is 0.0570. The van der Waals surface area contributed by atoms with E-state index in [0.29, 0.717) is 18.3 Å². The Bertz CT molecular complexity index is 385. The summed E-state index contributed by atoms with van der Waals surface area (Å²) >= 11 is 0. The van der Waals surface area contributed by atoms with Crippen molar-refractivity contribution in [3.63, 3.8) is 0 Å². The fourth-order valence-corrected chi connectivity index (χ4v) is 2.05. The number of hydrogen-bond donors (Lipinski definition) is 1. The van der Waals surface area contributed by atoms with Gasteiger partial charge in [-0.15, -0.1) is 0 Å². The molecule has 1 atom stereocenters. The minimum absolute atomic E-state index is 0.0570. The number of hydrogen-bond acceptors (Lipinski definition) is 5. The molecule has 0 bridgehead atoms. The second-order valence-corrected chi connectivity index (χ2v) is 4.25. The van der Waals surface area contributed by atoms with Crippen LogP contribution in [0.3, 0.4) is 0 Å². The molecule has 2 rings (SSSR count). The molecule has 1 aromatic rings. The largest absolute Gasteiger partial charge is 0.339 e. The van der Waals surface area contributed by atoms with Gasteiger partial charge in [0.15, 0.2) is 5.82 Å². The molecule has 0 aliphatic carbocycles. The van der Waals surface area contributed by atoms with Crippen LogP contribution in [-0.2, 0) is 17.8 Å². The number of carbonyl (C=O) groups excluding carboxylic acids is 1. The summed E-state index contributed by atoms with van der Waals surface area (Å²) < 4.78 is 5.04. The maximum absolute atomic E-state index is 11.6. The molecule has 6 nitrogen and oxygen atoms in total. The molecule has 2 heterocycles. The van der Waals surface area contributed by atoms with E-state index in [1.165, 1.54) is 0 Å². The van der Waals surface area contributed by atoms with Crippen molar-refractivity contribution in [2.45, 2.75) is 39.3 Å². The van der Waals surface area contributed by atoms with Gasteiger partial charge in [-0.05, 0) is 13.0 Å². The average molecular weight is 238 g/mol. The number of aromatic nitrogens is 2. The predicted octanol–water partition coefficient (Wildman–Crippen LogP) is 0.342. The molecule has 1 aromatic heterocycles. The maximum atomic E-state index is 11.6. The highest BCUT2D eigenvalue weighted by Gasteiger charge is 2.25. The Morgan fingerprint density at radius 3 is 3.00 bits per heavy atom. The fraction of sp³-hybridized carbons (Fsp3) is 0.727. The van der Waals surface area contributed by atoms with Crippen LogP contribution in [-0.4, -0.2) is 40.1 Å². The molecule has 1 N–H and O–H groups in total. The molecule has 0 aromatic carbocycles. The Hall–Kier alpha value is -1.43. The first-order valence-electron chi connectivity index (χ1n) is 6.00. The number of nitrogens with one attached hydrogen (secondary N) is 1. The molecule has 1 saturated heterocycles. The lowest BCUT2D eigenvalue weighted by Gasteiger charge is -2.25. The van der Waals surface area contributed by atoms with Gasteiger partial charge in [-0.2, -0.15) is 4.98 Å². The molecule has 1 fully saturated rings. The topological polar surface area (TPSA) is 71.3 Å². The molecule has 0 saturated carbocycles. The smallest absolute Gasteiger partial charge is 0.226 e. The first kappa shape index (κ1) is 12.0. The average Bonchev–Trinajstić information content (AvgIpc) is 2.96. The van der Waals surface area contributed by atoms with Gasteiger partial charge in [0, 0.05) is 25.9 Å². The molecule has 6 heteroatoms. The van der Waals surface area contributed by atoms with E-state index in [1.54, 1.807) is 6.92 Å². The van der Waals surface area contributed by atoms with E-state index in [4.69, 9.17) is 4.52 Å². The molecule has 0 radical (unpaired) electrons. The van der Waals surface area contributed by atoms with Gasteiger partial charge in [-0.25, -0.2) is 0 Å². The number of carbonyl (C=O) groups is 1. The van der Waals surface area contributed by atoms with Crippen molar-refractivity contribution >= 4 is 5.91 Å². The zero-order valence-electron chi connectivity index (χ0n) is 10.3. The van der Waals surface area contributed by atoms with Gasteiger partial charge in [0.1, 0.15) is 0 Å². The summed E-state index contributed by atoms with van der Waals surface area (Å²) in [5.74, 6) is 1.26. The van der Waals surface area contributed by atoms with Crippen molar-refractivity contribution in [3.8, 4) is 0 Å². The van der Waals surface area contributed by atoms with Gasteiger partial charge in [0.05, 0.1) is 6.54 Å². The van der Waals surface area contributed by atoms with Gasteiger partial charge in [-0.3, -0.25) is 4.79 Å². The van der Waals surface area contributed by atoms with Crippen molar-refractivity contribution in [1.29, 1.82) is 0 Å². The monoisotopic (exact) mass is 238 g/mol. The normalized spacial score (nSPS) is 19.5. The third-order valence-electron chi connectivity index (χ3n) is 3.00. The van der Waals surface area contributed by atoms with E-state index in [-0.39, 0.29) is 11.9 Å². The highest BCUT2D eigenvalue weighted by Crippen LogP contribution is 2.12. The van der Waals surface area contributed by atoms with E-state index >= 15 is 0 Å². The second kappa shape index (κ2) is 5.27. The van der Waals surface area contributed by atoms with Crippen LogP contribution in [0.2, 0.25) is 0 Å². The second-order valence-electron chi connectivity index (χ2n) is 4.25. The molecule has 0 spiro atoms. The minimum Gasteiger partial charge on any atom is -0.339 e. The third-order valence-corrected chi connectivity index (χ3v) is 3.00. The van der Waals surface area contributed by atoms with Crippen LogP contribution < -0.4 is 5.32 Å². The summed E-state index contributed by atoms with van der Waals surface area (Å²) in [6, 6.07) is 0.246. The lowest BCUT2D eigenvalue weighted by molar-refractivity contribution is -0.131. The predicted molar refractivity (Wildman–Crippen MR) is 61.2 cm³/mol. The van der Waals surface area contributed by atoms with E-state index < -0.39 is 0 Å². The molecule has 1 aliphatic rings. The number of aryl methyl sites for hydroxylation is 1. The number of rotatable bonds is 4. The van der Waals surface area contributed by atoms with Crippen LogP contribution in [0.1, 0.15) is 32.0 Å². The Labute approximate surface area is 100 Å². The van der Waals surface area contributed by atoms with Gasteiger partial charge in [-0.1, -0.05) is 12.1 Å². The first-order valence-corrected chi connectivity index (χ1v) is 6.00. The SMILES string of the molecule is CCc1nc(CN(C(C)=O)C2CCNC2)no1. The Morgan fingerprint density at radius 1 is 1.65 bits per heavy atom. The van der Waals surface area contributed by atoms with Crippen molar-refractivity contribution < 1.29 is 9.32 Å². The van der Waals surface area contributed by atoms with Gasteiger partial charge in [0.2, 0.25) is 11.8 Å².